The number of ether oxygens (including phenoxy) is 1. The van der Waals surface area contributed by atoms with Crippen molar-refractivity contribution >= 4 is 27.5 Å². The van der Waals surface area contributed by atoms with Crippen LogP contribution in [0.4, 0.5) is 0 Å². The van der Waals surface area contributed by atoms with E-state index in [9.17, 15) is 0 Å². The molecule has 0 saturated carbocycles. The lowest BCUT2D eigenvalue weighted by molar-refractivity contribution is 0.336. The lowest BCUT2D eigenvalue weighted by atomic mass is 10.2. The van der Waals surface area contributed by atoms with Gasteiger partial charge in [0.25, 0.3) is 0 Å². The smallest absolute Gasteiger partial charge is 0.137 e. The minimum Gasteiger partial charge on any atom is -0.492 e. The zero-order valence-electron chi connectivity index (χ0n) is 7.03. The summed E-state index contributed by atoms with van der Waals surface area (Å²) < 4.78 is 6.26. The van der Waals surface area contributed by atoms with E-state index in [0.717, 1.165) is 15.8 Å². The van der Waals surface area contributed by atoms with Gasteiger partial charge < -0.3 is 4.74 Å². The molecular formula is C9H10BrClO. The van der Waals surface area contributed by atoms with Crippen molar-refractivity contribution < 1.29 is 4.74 Å². The molecule has 0 bridgehead atoms. The van der Waals surface area contributed by atoms with Crippen LogP contribution in [0.5, 0.6) is 5.75 Å². The number of hydrogen-bond donors (Lipinski definition) is 0. The minimum atomic E-state index is 0.653. The van der Waals surface area contributed by atoms with Crippen LogP contribution in [-0.2, 0) is 0 Å². The Morgan fingerprint density at radius 2 is 2.17 bits per heavy atom. The minimum absolute atomic E-state index is 0.653. The van der Waals surface area contributed by atoms with Crippen molar-refractivity contribution in [2.75, 3.05) is 6.61 Å². The monoisotopic (exact) mass is 248 g/mol. The molecule has 0 radical (unpaired) electrons. The zero-order valence-corrected chi connectivity index (χ0v) is 9.37. The van der Waals surface area contributed by atoms with Crippen LogP contribution >= 0.6 is 27.5 Å². The lowest BCUT2D eigenvalue weighted by Crippen LogP contribution is -1.95. The summed E-state index contributed by atoms with van der Waals surface area (Å²) in [4.78, 5) is 0. The number of rotatable bonds is 2. The first-order valence-electron chi connectivity index (χ1n) is 3.74. The molecule has 0 aliphatic heterocycles. The standard InChI is InChI=1S/C9H10BrClO/c1-3-12-9-6(2)4-5-7(11)8(9)10/h4-5H,3H2,1-2H3. The molecule has 1 nitrogen and oxygen atoms in total. The molecule has 0 atom stereocenters. The normalized spacial score (nSPS) is 10.0. The maximum Gasteiger partial charge on any atom is 0.137 e. The van der Waals surface area contributed by atoms with E-state index < -0.39 is 0 Å². The van der Waals surface area contributed by atoms with E-state index in [0.29, 0.717) is 11.6 Å². The van der Waals surface area contributed by atoms with Gasteiger partial charge in [0, 0.05) is 0 Å². The van der Waals surface area contributed by atoms with Crippen LogP contribution in [0.15, 0.2) is 16.6 Å². The van der Waals surface area contributed by atoms with E-state index in [1.807, 2.05) is 26.0 Å². The molecule has 0 fully saturated rings. The van der Waals surface area contributed by atoms with Crippen molar-refractivity contribution in [3.63, 3.8) is 0 Å². The highest BCUT2D eigenvalue weighted by Crippen LogP contribution is 2.34. The van der Waals surface area contributed by atoms with Gasteiger partial charge in [-0.2, -0.15) is 0 Å². The molecule has 0 aromatic heterocycles. The van der Waals surface area contributed by atoms with Gasteiger partial charge in [0.05, 0.1) is 16.1 Å². The topological polar surface area (TPSA) is 9.23 Å². The van der Waals surface area contributed by atoms with E-state index in [1.165, 1.54) is 0 Å². The molecule has 0 heterocycles. The Balaban J connectivity index is 3.14. The van der Waals surface area contributed by atoms with Crippen LogP contribution in [0.3, 0.4) is 0 Å². The molecule has 0 spiro atoms. The summed E-state index contributed by atoms with van der Waals surface area (Å²) in [5.74, 6) is 0.838. The Bertz CT molecular complexity index is 286. The van der Waals surface area contributed by atoms with Gasteiger partial charge >= 0.3 is 0 Å². The predicted molar refractivity (Wildman–Crippen MR) is 55.1 cm³/mol. The highest BCUT2D eigenvalue weighted by atomic mass is 79.9. The highest BCUT2D eigenvalue weighted by molar-refractivity contribution is 9.10. The van der Waals surface area contributed by atoms with E-state index >= 15 is 0 Å². The van der Waals surface area contributed by atoms with Crippen LogP contribution in [-0.4, -0.2) is 6.61 Å². The fourth-order valence-electron chi connectivity index (χ4n) is 0.950. The molecule has 0 aliphatic rings. The average Bonchev–Trinajstić information content (AvgIpc) is 2.06. The summed E-state index contributed by atoms with van der Waals surface area (Å²) in [7, 11) is 0. The first kappa shape index (κ1) is 9.87. The first-order valence-corrected chi connectivity index (χ1v) is 4.91. The van der Waals surface area contributed by atoms with Gasteiger partial charge in [-0.1, -0.05) is 17.7 Å². The van der Waals surface area contributed by atoms with Crippen molar-refractivity contribution in [3.8, 4) is 5.75 Å². The summed E-state index contributed by atoms with van der Waals surface area (Å²) in [6.45, 7) is 4.60. The van der Waals surface area contributed by atoms with Gasteiger partial charge in [-0.15, -0.1) is 0 Å². The Kier molecular flexibility index (Phi) is 3.41. The van der Waals surface area contributed by atoms with Gasteiger partial charge in [-0.05, 0) is 41.4 Å². The molecule has 12 heavy (non-hydrogen) atoms. The van der Waals surface area contributed by atoms with Gasteiger partial charge in [-0.3, -0.25) is 0 Å². The Hall–Kier alpha value is -0.210. The van der Waals surface area contributed by atoms with Gasteiger partial charge in [0.1, 0.15) is 5.75 Å². The van der Waals surface area contributed by atoms with Gasteiger partial charge in [0.15, 0.2) is 0 Å². The molecule has 66 valence electrons. The molecule has 3 heteroatoms. The van der Waals surface area contributed by atoms with Gasteiger partial charge in [0.2, 0.25) is 0 Å². The molecular weight excluding hydrogens is 239 g/mol. The SMILES string of the molecule is CCOc1c(C)ccc(Cl)c1Br. The van der Waals surface area contributed by atoms with E-state index in [2.05, 4.69) is 15.9 Å². The average molecular weight is 250 g/mol. The maximum atomic E-state index is 5.89. The summed E-state index contributed by atoms with van der Waals surface area (Å²) in [5.41, 5.74) is 1.09. The van der Waals surface area contributed by atoms with Crippen molar-refractivity contribution in [1.82, 2.24) is 0 Å². The molecule has 1 rings (SSSR count). The summed E-state index contributed by atoms with van der Waals surface area (Å²) in [6, 6.07) is 3.79. The van der Waals surface area contributed by atoms with Crippen LogP contribution < -0.4 is 4.74 Å². The van der Waals surface area contributed by atoms with E-state index in [1.54, 1.807) is 0 Å². The van der Waals surface area contributed by atoms with Gasteiger partial charge in [-0.25, -0.2) is 0 Å². The van der Waals surface area contributed by atoms with Crippen LogP contribution in [0.25, 0.3) is 0 Å². The van der Waals surface area contributed by atoms with Crippen LogP contribution in [0.2, 0.25) is 5.02 Å². The number of aryl methyl sites for hydroxylation is 1. The third kappa shape index (κ3) is 1.93. The molecule has 1 aromatic carbocycles. The Morgan fingerprint density at radius 1 is 1.50 bits per heavy atom. The largest absolute Gasteiger partial charge is 0.492 e. The van der Waals surface area contributed by atoms with Crippen LogP contribution in [0.1, 0.15) is 12.5 Å². The summed E-state index contributed by atoms with van der Waals surface area (Å²) >= 11 is 9.27. The highest BCUT2D eigenvalue weighted by Gasteiger charge is 2.07. The van der Waals surface area contributed by atoms with E-state index in [-0.39, 0.29) is 0 Å². The fourth-order valence-corrected chi connectivity index (χ4v) is 1.66. The third-order valence-corrected chi connectivity index (χ3v) is 2.87. The third-order valence-electron chi connectivity index (χ3n) is 1.54. The van der Waals surface area contributed by atoms with Crippen molar-refractivity contribution in [2.45, 2.75) is 13.8 Å². The molecule has 0 unspecified atom stereocenters. The summed E-state index contributed by atoms with van der Waals surface area (Å²) in [5, 5.41) is 0.684. The zero-order chi connectivity index (χ0) is 9.14. The fraction of sp³-hybridized carbons (Fsp3) is 0.333. The molecule has 1 aromatic rings. The van der Waals surface area contributed by atoms with Crippen molar-refractivity contribution in [3.05, 3.63) is 27.2 Å². The lowest BCUT2D eigenvalue weighted by Gasteiger charge is -2.09. The Labute approximate surface area is 85.8 Å². The molecule has 0 N–H and O–H groups in total. The number of halogens is 2. The van der Waals surface area contributed by atoms with Crippen LogP contribution in [0, 0.1) is 6.92 Å². The van der Waals surface area contributed by atoms with Crippen molar-refractivity contribution in [1.29, 1.82) is 0 Å². The maximum absolute atomic E-state index is 5.89. The number of benzene rings is 1. The molecule has 0 saturated heterocycles. The molecule has 0 amide bonds. The predicted octanol–water partition coefficient (Wildman–Crippen LogP) is 3.81. The van der Waals surface area contributed by atoms with E-state index in [4.69, 9.17) is 16.3 Å². The first-order chi connectivity index (χ1) is 5.66. The number of hydrogen-bond acceptors (Lipinski definition) is 1. The summed E-state index contributed by atoms with van der Waals surface area (Å²) in [6.07, 6.45) is 0. The Morgan fingerprint density at radius 3 is 2.75 bits per heavy atom. The second kappa shape index (κ2) is 4.15. The second-order valence-electron chi connectivity index (χ2n) is 2.44. The molecule has 0 aliphatic carbocycles. The quantitative estimate of drug-likeness (QED) is 0.774. The van der Waals surface area contributed by atoms with Crippen molar-refractivity contribution in [2.24, 2.45) is 0 Å². The second-order valence-corrected chi connectivity index (χ2v) is 3.64.